The Morgan fingerprint density at radius 2 is 1.90 bits per heavy atom. The summed E-state index contributed by atoms with van der Waals surface area (Å²) in [6.45, 7) is 4.73. The number of hydrogen-bond acceptors (Lipinski definition) is 3. The summed E-state index contributed by atoms with van der Waals surface area (Å²) in [5.41, 5.74) is 0.656. The highest BCUT2D eigenvalue weighted by Crippen LogP contribution is 2.29. The average molecular weight is 344 g/mol. The Balaban J connectivity index is 2.44. The van der Waals surface area contributed by atoms with Crippen LogP contribution in [0.3, 0.4) is 0 Å². The minimum absolute atomic E-state index is 0.532. The molecule has 1 heterocycles. The zero-order valence-electron chi connectivity index (χ0n) is 12.6. The molecule has 0 amide bonds. The molecule has 1 aromatic heterocycles. The first-order valence-corrected chi connectivity index (χ1v) is 8.44. The molecule has 4 heteroatoms. The van der Waals surface area contributed by atoms with E-state index in [1.165, 1.54) is 32.1 Å². The van der Waals surface area contributed by atoms with Crippen molar-refractivity contribution in [2.24, 2.45) is 0 Å². The summed E-state index contributed by atoms with van der Waals surface area (Å²) in [6.07, 6.45) is 9.28. The predicted octanol–water partition coefficient (Wildman–Crippen LogP) is 5.03. The fraction of sp³-hybridized carbons (Fsp3) is 0.688. The molecule has 1 aromatic rings. The maximum atomic E-state index is 10.3. The summed E-state index contributed by atoms with van der Waals surface area (Å²) in [4.78, 5) is 4.30. The van der Waals surface area contributed by atoms with Crippen molar-refractivity contribution in [1.82, 2.24) is 4.98 Å². The summed E-state index contributed by atoms with van der Waals surface area (Å²) in [6, 6.07) is 1.87. The van der Waals surface area contributed by atoms with E-state index in [4.69, 9.17) is 4.74 Å². The van der Waals surface area contributed by atoms with E-state index in [2.05, 4.69) is 27.8 Å². The zero-order chi connectivity index (χ0) is 14.8. The number of aromatic nitrogens is 1. The molecule has 3 nitrogen and oxygen atoms in total. The van der Waals surface area contributed by atoms with Gasteiger partial charge in [-0.3, -0.25) is 4.98 Å². The summed E-state index contributed by atoms with van der Waals surface area (Å²) in [5.74, 6) is 0.681. The third-order valence-electron chi connectivity index (χ3n) is 3.29. The van der Waals surface area contributed by atoms with E-state index in [1.807, 2.05) is 13.0 Å². The lowest BCUT2D eigenvalue weighted by Crippen LogP contribution is -2.05. The van der Waals surface area contributed by atoms with Crippen LogP contribution in [0.25, 0.3) is 0 Å². The van der Waals surface area contributed by atoms with Gasteiger partial charge in [-0.15, -0.1) is 0 Å². The largest absolute Gasteiger partial charge is 0.492 e. The van der Waals surface area contributed by atoms with Gasteiger partial charge in [0.05, 0.1) is 12.7 Å². The van der Waals surface area contributed by atoms with Crippen LogP contribution >= 0.6 is 15.9 Å². The van der Waals surface area contributed by atoms with Gasteiger partial charge < -0.3 is 9.84 Å². The predicted molar refractivity (Wildman–Crippen MR) is 86.1 cm³/mol. The van der Waals surface area contributed by atoms with Crippen LogP contribution in [-0.4, -0.2) is 16.7 Å². The Morgan fingerprint density at radius 1 is 1.20 bits per heavy atom. The molecule has 0 aromatic carbocycles. The molecule has 0 saturated heterocycles. The summed E-state index contributed by atoms with van der Waals surface area (Å²) in [5, 5.41) is 10.3. The SMILES string of the molecule is CCCCCCCCC(O)c1ncc(Br)cc1OCC. The second-order valence-corrected chi connectivity index (χ2v) is 5.96. The number of aliphatic hydroxyl groups is 1. The molecule has 1 atom stereocenters. The number of rotatable bonds is 10. The van der Waals surface area contributed by atoms with Gasteiger partial charge in [-0.25, -0.2) is 0 Å². The van der Waals surface area contributed by atoms with Crippen molar-refractivity contribution in [2.75, 3.05) is 6.61 Å². The van der Waals surface area contributed by atoms with Gasteiger partial charge in [0.25, 0.3) is 0 Å². The van der Waals surface area contributed by atoms with Crippen molar-refractivity contribution in [3.63, 3.8) is 0 Å². The van der Waals surface area contributed by atoms with E-state index >= 15 is 0 Å². The number of nitrogens with zero attached hydrogens (tertiary/aromatic N) is 1. The monoisotopic (exact) mass is 343 g/mol. The summed E-state index contributed by atoms with van der Waals surface area (Å²) >= 11 is 3.38. The first-order chi connectivity index (χ1) is 9.69. The fourth-order valence-electron chi connectivity index (χ4n) is 2.21. The number of halogens is 1. The van der Waals surface area contributed by atoms with E-state index in [0.29, 0.717) is 18.1 Å². The molecule has 1 rings (SSSR count). The van der Waals surface area contributed by atoms with Crippen LogP contribution in [0.15, 0.2) is 16.7 Å². The van der Waals surface area contributed by atoms with Gasteiger partial charge in [0, 0.05) is 10.7 Å². The van der Waals surface area contributed by atoms with E-state index in [0.717, 1.165) is 17.3 Å². The molecule has 0 aliphatic rings. The smallest absolute Gasteiger partial charge is 0.144 e. The molecule has 0 aliphatic carbocycles. The number of hydrogen-bond donors (Lipinski definition) is 1. The van der Waals surface area contributed by atoms with E-state index in [9.17, 15) is 5.11 Å². The van der Waals surface area contributed by atoms with E-state index in [-0.39, 0.29) is 0 Å². The van der Waals surface area contributed by atoms with Crippen molar-refractivity contribution in [3.05, 3.63) is 22.4 Å². The Morgan fingerprint density at radius 3 is 2.60 bits per heavy atom. The summed E-state index contributed by atoms with van der Waals surface area (Å²) in [7, 11) is 0. The number of ether oxygens (including phenoxy) is 1. The van der Waals surface area contributed by atoms with Crippen molar-refractivity contribution in [3.8, 4) is 5.75 Å². The molecule has 0 radical (unpaired) electrons. The first kappa shape index (κ1) is 17.4. The van der Waals surface area contributed by atoms with Crippen LogP contribution in [-0.2, 0) is 0 Å². The minimum atomic E-state index is -0.532. The second kappa shape index (κ2) is 10.2. The highest BCUT2D eigenvalue weighted by molar-refractivity contribution is 9.10. The van der Waals surface area contributed by atoms with E-state index in [1.54, 1.807) is 6.20 Å². The van der Waals surface area contributed by atoms with Crippen molar-refractivity contribution in [1.29, 1.82) is 0 Å². The third-order valence-corrected chi connectivity index (χ3v) is 3.73. The van der Waals surface area contributed by atoms with Crippen LogP contribution < -0.4 is 4.74 Å². The number of aliphatic hydroxyl groups excluding tert-OH is 1. The number of pyridine rings is 1. The van der Waals surface area contributed by atoms with Crippen LogP contribution in [0.2, 0.25) is 0 Å². The van der Waals surface area contributed by atoms with Crippen LogP contribution in [0.4, 0.5) is 0 Å². The molecule has 1 unspecified atom stereocenters. The molecule has 1 N–H and O–H groups in total. The maximum absolute atomic E-state index is 10.3. The molecule has 114 valence electrons. The lowest BCUT2D eigenvalue weighted by atomic mass is 10.0. The number of unbranched alkanes of at least 4 members (excludes halogenated alkanes) is 5. The standard InChI is InChI=1S/C16H26BrNO2/c1-3-5-6-7-8-9-10-14(19)16-15(20-4-2)11-13(17)12-18-16/h11-12,14,19H,3-10H2,1-2H3. The topological polar surface area (TPSA) is 42.4 Å². The van der Waals surface area contributed by atoms with Gasteiger partial charge in [0.1, 0.15) is 11.4 Å². The Kier molecular flexibility index (Phi) is 8.86. The average Bonchev–Trinajstić information content (AvgIpc) is 2.43. The zero-order valence-corrected chi connectivity index (χ0v) is 14.2. The van der Waals surface area contributed by atoms with E-state index < -0.39 is 6.10 Å². The molecule has 0 spiro atoms. The Hall–Kier alpha value is -0.610. The Labute approximate surface area is 130 Å². The molecule has 0 bridgehead atoms. The Bertz CT molecular complexity index is 385. The fourth-order valence-corrected chi connectivity index (χ4v) is 2.52. The van der Waals surface area contributed by atoms with Crippen molar-refractivity contribution < 1.29 is 9.84 Å². The van der Waals surface area contributed by atoms with Gasteiger partial charge in [-0.1, -0.05) is 45.4 Å². The molecular formula is C16H26BrNO2. The minimum Gasteiger partial charge on any atom is -0.492 e. The van der Waals surface area contributed by atoms with Gasteiger partial charge in [-0.2, -0.15) is 0 Å². The van der Waals surface area contributed by atoms with Gasteiger partial charge >= 0.3 is 0 Å². The highest BCUT2D eigenvalue weighted by Gasteiger charge is 2.15. The van der Waals surface area contributed by atoms with Crippen molar-refractivity contribution >= 4 is 15.9 Å². The second-order valence-electron chi connectivity index (χ2n) is 5.04. The molecular weight excluding hydrogens is 318 g/mol. The van der Waals surface area contributed by atoms with Crippen molar-refractivity contribution in [2.45, 2.75) is 64.9 Å². The normalized spacial score (nSPS) is 12.4. The quantitative estimate of drug-likeness (QED) is 0.606. The maximum Gasteiger partial charge on any atom is 0.144 e. The van der Waals surface area contributed by atoms with Gasteiger partial charge in [-0.05, 0) is 35.3 Å². The van der Waals surface area contributed by atoms with Crippen LogP contribution in [0, 0.1) is 0 Å². The molecule has 0 saturated carbocycles. The van der Waals surface area contributed by atoms with Gasteiger partial charge in [0.2, 0.25) is 0 Å². The summed E-state index contributed by atoms with van der Waals surface area (Å²) < 4.78 is 6.42. The van der Waals surface area contributed by atoms with Gasteiger partial charge in [0.15, 0.2) is 0 Å². The van der Waals surface area contributed by atoms with Crippen LogP contribution in [0.1, 0.15) is 70.6 Å². The molecule has 0 fully saturated rings. The first-order valence-electron chi connectivity index (χ1n) is 7.65. The molecule has 20 heavy (non-hydrogen) atoms. The molecule has 0 aliphatic heterocycles. The lowest BCUT2D eigenvalue weighted by molar-refractivity contribution is 0.153. The third kappa shape index (κ3) is 6.23. The van der Waals surface area contributed by atoms with Crippen LogP contribution in [0.5, 0.6) is 5.75 Å². The lowest BCUT2D eigenvalue weighted by Gasteiger charge is -2.15. The highest BCUT2D eigenvalue weighted by atomic mass is 79.9.